The van der Waals surface area contributed by atoms with Gasteiger partial charge in [-0.05, 0) is 43.3 Å². The van der Waals surface area contributed by atoms with Gasteiger partial charge in [-0.1, -0.05) is 48.9 Å². The highest BCUT2D eigenvalue weighted by atomic mass is 32.1. The Morgan fingerprint density at radius 3 is 2.80 bits per heavy atom. The monoisotopic (exact) mass is 352 g/mol. The third kappa shape index (κ3) is 3.85. The molecule has 2 aromatic carbocycles. The quantitative estimate of drug-likeness (QED) is 0.679. The second-order valence-electron chi connectivity index (χ2n) is 5.87. The van der Waals surface area contributed by atoms with Crippen LogP contribution in [0.3, 0.4) is 0 Å². The summed E-state index contributed by atoms with van der Waals surface area (Å²) in [5.41, 5.74) is 3.99. The molecule has 0 aliphatic heterocycles. The number of aromatic nitrogens is 3. The first kappa shape index (κ1) is 17.1. The van der Waals surface area contributed by atoms with Crippen molar-refractivity contribution in [1.29, 1.82) is 0 Å². The van der Waals surface area contributed by atoms with Crippen LogP contribution in [0.1, 0.15) is 18.1 Å². The first-order valence-electron chi connectivity index (χ1n) is 8.18. The third-order valence-electron chi connectivity index (χ3n) is 4.01. The summed E-state index contributed by atoms with van der Waals surface area (Å²) in [5, 5.41) is 10.0. The Hall–Kier alpha value is -2.73. The standard InChI is InChI=1S/C19H20N4OS/c1-3-14-8-4-5-10-16(14)20-17(24)12-23-18(21-22-19(23)25)15-9-6-7-13(2)11-15/h4-11H,3,12H2,1-2H3,(H,20,24)(H,22,25). The van der Waals surface area contributed by atoms with Gasteiger partial charge in [0.15, 0.2) is 10.6 Å². The SMILES string of the molecule is CCc1ccccc1NC(=O)Cn1c(-c2cccc(C)c2)n[nH]c1=S. The number of nitrogens with zero attached hydrogens (tertiary/aromatic N) is 2. The zero-order valence-electron chi connectivity index (χ0n) is 14.2. The number of aromatic amines is 1. The number of rotatable bonds is 5. The Morgan fingerprint density at radius 1 is 1.24 bits per heavy atom. The average Bonchev–Trinajstić information content (AvgIpc) is 2.96. The van der Waals surface area contributed by atoms with Crippen LogP contribution >= 0.6 is 12.2 Å². The molecule has 5 nitrogen and oxygen atoms in total. The van der Waals surface area contributed by atoms with Gasteiger partial charge < -0.3 is 5.32 Å². The highest BCUT2D eigenvalue weighted by Crippen LogP contribution is 2.19. The van der Waals surface area contributed by atoms with E-state index in [1.54, 1.807) is 4.57 Å². The number of carbonyl (C=O) groups excluding carboxylic acids is 1. The van der Waals surface area contributed by atoms with E-state index in [1.165, 1.54) is 0 Å². The Bertz CT molecular complexity index is 958. The van der Waals surface area contributed by atoms with Crippen LogP contribution in [0, 0.1) is 11.7 Å². The van der Waals surface area contributed by atoms with Gasteiger partial charge in [0.25, 0.3) is 0 Å². The maximum atomic E-state index is 12.5. The molecule has 3 aromatic rings. The summed E-state index contributed by atoms with van der Waals surface area (Å²) in [7, 11) is 0. The van der Waals surface area contributed by atoms with Gasteiger partial charge in [0.2, 0.25) is 5.91 Å². The van der Waals surface area contributed by atoms with E-state index in [0.29, 0.717) is 10.6 Å². The minimum absolute atomic E-state index is 0.108. The molecule has 0 fully saturated rings. The van der Waals surface area contributed by atoms with Crippen LogP contribution in [-0.2, 0) is 17.8 Å². The lowest BCUT2D eigenvalue weighted by Crippen LogP contribution is -2.20. The molecular weight excluding hydrogens is 332 g/mol. The number of benzene rings is 2. The molecule has 1 amide bonds. The molecule has 0 spiro atoms. The van der Waals surface area contributed by atoms with Gasteiger partial charge in [0.1, 0.15) is 6.54 Å². The molecule has 0 saturated carbocycles. The van der Waals surface area contributed by atoms with Crippen LogP contribution in [0.5, 0.6) is 0 Å². The third-order valence-corrected chi connectivity index (χ3v) is 4.32. The van der Waals surface area contributed by atoms with Crippen molar-refractivity contribution in [2.75, 3.05) is 5.32 Å². The van der Waals surface area contributed by atoms with Crippen molar-refractivity contribution < 1.29 is 4.79 Å². The minimum Gasteiger partial charge on any atom is -0.324 e. The lowest BCUT2D eigenvalue weighted by Gasteiger charge is -2.11. The Kier molecular flexibility index (Phi) is 5.09. The van der Waals surface area contributed by atoms with Crippen LogP contribution < -0.4 is 5.32 Å². The van der Waals surface area contributed by atoms with Crippen LogP contribution in [0.4, 0.5) is 5.69 Å². The number of amides is 1. The first-order valence-corrected chi connectivity index (χ1v) is 8.59. The topological polar surface area (TPSA) is 62.7 Å². The van der Waals surface area contributed by atoms with Crippen molar-refractivity contribution in [3.63, 3.8) is 0 Å². The van der Waals surface area contributed by atoms with E-state index < -0.39 is 0 Å². The van der Waals surface area contributed by atoms with Gasteiger partial charge in [0.05, 0.1) is 0 Å². The summed E-state index contributed by atoms with van der Waals surface area (Å²) >= 11 is 5.30. The van der Waals surface area contributed by atoms with Gasteiger partial charge in [-0.3, -0.25) is 14.5 Å². The fourth-order valence-corrected chi connectivity index (χ4v) is 2.95. The number of aryl methyl sites for hydroxylation is 2. The van der Waals surface area contributed by atoms with Gasteiger partial charge in [-0.15, -0.1) is 0 Å². The van der Waals surface area contributed by atoms with Crippen molar-refractivity contribution >= 4 is 23.8 Å². The molecule has 6 heteroatoms. The number of nitrogens with one attached hydrogen (secondary N) is 2. The second-order valence-corrected chi connectivity index (χ2v) is 6.25. The van der Waals surface area contributed by atoms with Crippen molar-refractivity contribution in [3.05, 3.63) is 64.4 Å². The van der Waals surface area contributed by atoms with Crippen molar-refractivity contribution in [3.8, 4) is 11.4 Å². The highest BCUT2D eigenvalue weighted by molar-refractivity contribution is 7.71. The van der Waals surface area contributed by atoms with Crippen LogP contribution in [0.25, 0.3) is 11.4 Å². The lowest BCUT2D eigenvalue weighted by atomic mass is 10.1. The smallest absolute Gasteiger partial charge is 0.244 e. The van der Waals surface area contributed by atoms with E-state index in [4.69, 9.17) is 12.2 Å². The summed E-state index contributed by atoms with van der Waals surface area (Å²) in [6.07, 6.45) is 0.857. The first-order chi connectivity index (χ1) is 12.1. The number of H-pyrrole nitrogens is 1. The second kappa shape index (κ2) is 7.44. The zero-order valence-corrected chi connectivity index (χ0v) is 15.1. The lowest BCUT2D eigenvalue weighted by molar-refractivity contribution is -0.116. The summed E-state index contributed by atoms with van der Waals surface area (Å²) in [6.45, 7) is 4.19. The fourth-order valence-electron chi connectivity index (χ4n) is 2.75. The fraction of sp³-hybridized carbons (Fsp3) is 0.211. The summed E-state index contributed by atoms with van der Waals surface area (Å²) in [4.78, 5) is 12.5. The van der Waals surface area contributed by atoms with Gasteiger partial charge in [-0.25, -0.2) is 0 Å². The van der Waals surface area contributed by atoms with Crippen LogP contribution in [0.2, 0.25) is 0 Å². The summed E-state index contributed by atoms with van der Waals surface area (Å²) < 4.78 is 2.14. The molecule has 0 unspecified atom stereocenters. The normalized spacial score (nSPS) is 10.6. The molecule has 0 radical (unpaired) electrons. The molecule has 1 aromatic heterocycles. The van der Waals surface area contributed by atoms with Crippen molar-refractivity contribution in [2.45, 2.75) is 26.8 Å². The predicted molar refractivity (Wildman–Crippen MR) is 102 cm³/mol. The molecule has 25 heavy (non-hydrogen) atoms. The number of hydrogen-bond acceptors (Lipinski definition) is 3. The zero-order chi connectivity index (χ0) is 17.8. The molecule has 0 saturated heterocycles. The maximum absolute atomic E-state index is 12.5. The molecule has 3 rings (SSSR count). The number of para-hydroxylation sites is 1. The van der Waals surface area contributed by atoms with Crippen molar-refractivity contribution in [1.82, 2.24) is 14.8 Å². The number of carbonyl (C=O) groups is 1. The largest absolute Gasteiger partial charge is 0.324 e. The number of hydrogen-bond donors (Lipinski definition) is 2. The molecule has 128 valence electrons. The molecule has 2 N–H and O–H groups in total. The van der Waals surface area contributed by atoms with Gasteiger partial charge >= 0.3 is 0 Å². The molecule has 0 bridgehead atoms. The predicted octanol–water partition coefficient (Wildman–Crippen LogP) is 4.12. The molecule has 0 aliphatic rings. The Labute approximate surface area is 151 Å². The molecular formula is C19H20N4OS. The van der Waals surface area contributed by atoms with Gasteiger partial charge in [-0.2, -0.15) is 5.10 Å². The Balaban J connectivity index is 1.85. The maximum Gasteiger partial charge on any atom is 0.244 e. The van der Waals surface area contributed by atoms with E-state index in [1.807, 2.05) is 55.5 Å². The highest BCUT2D eigenvalue weighted by Gasteiger charge is 2.13. The Morgan fingerprint density at radius 2 is 2.04 bits per heavy atom. The molecule has 0 atom stereocenters. The summed E-state index contributed by atoms with van der Waals surface area (Å²) in [5.74, 6) is 0.528. The van der Waals surface area contributed by atoms with E-state index in [-0.39, 0.29) is 12.5 Å². The minimum atomic E-state index is -0.132. The average molecular weight is 352 g/mol. The molecule has 1 heterocycles. The van der Waals surface area contributed by atoms with Crippen molar-refractivity contribution in [2.24, 2.45) is 0 Å². The van der Waals surface area contributed by atoms with E-state index >= 15 is 0 Å². The van der Waals surface area contributed by atoms with E-state index in [9.17, 15) is 4.79 Å². The summed E-state index contributed by atoms with van der Waals surface area (Å²) in [6, 6.07) is 15.8. The van der Waals surface area contributed by atoms with E-state index in [0.717, 1.165) is 28.8 Å². The van der Waals surface area contributed by atoms with E-state index in [2.05, 4.69) is 22.4 Å². The number of anilines is 1. The van der Waals surface area contributed by atoms with Crippen LogP contribution in [0.15, 0.2) is 48.5 Å². The molecule has 0 aliphatic carbocycles. The van der Waals surface area contributed by atoms with Crippen LogP contribution in [-0.4, -0.2) is 20.7 Å². The van der Waals surface area contributed by atoms with Gasteiger partial charge in [0, 0.05) is 11.3 Å².